The minimum absolute atomic E-state index is 0.0798. The summed E-state index contributed by atoms with van der Waals surface area (Å²) in [6, 6.07) is 0.721. The lowest BCUT2D eigenvalue weighted by Crippen LogP contribution is -2.29. The predicted octanol–water partition coefficient (Wildman–Crippen LogP) is 2.35. The molecule has 0 aromatic heterocycles. The molecule has 4 unspecified atom stereocenters. The van der Waals surface area contributed by atoms with Crippen molar-refractivity contribution in [3.8, 4) is 0 Å². The van der Waals surface area contributed by atoms with Crippen molar-refractivity contribution in [2.75, 3.05) is 6.54 Å². The van der Waals surface area contributed by atoms with Crippen LogP contribution in [0.4, 0.5) is 0 Å². The lowest BCUT2D eigenvalue weighted by Gasteiger charge is -2.19. The molecule has 2 bridgehead atoms. The van der Waals surface area contributed by atoms with Crippen LogP contribution < -0.4 is 5.32 Å². The summed E-state index contributed by atoms with van der Waals surface area (Å²) in [6.07, 6.45) is 4.90. The molecule has 4 atom stereocenters. The van der Waals surface area contributed by atoms with Crippen LogP contribution in [0.1, 0.15) is 46.5 Å². The van der Waals surface area contributed by atoms with Crippen LogP contribution in [0.25, 0.3) is 0 Å². The van der Waals surface area contributed by atoms with Gasteiger partial charge in [-0.1, -0.05) is 0 Å². The molecule has 3 nitrogen and oxygen atoms in total. The van der Waals surface area contributed by atoms with E-state index in [9.17, 15) is 4.79 Å². The van der Waals surface area contributed by atoms with E-state index >= 15 is 0 Å². The maximum atomic E-state index is 11.6. The van der Waals surface area contributed by atoms with Crippen LogP contribution >= 0.6 is 0 Å². The summed E-state index contributed by atoms with van der Waals surface area (Å²) in [5.41, 5.74) is -0.355. The Morgan fingerprint density at radius 2 is 1.83 bits per heavy atom. The third-order valence-corrected chi connectivity index (χ3v) is 4.86. The molecule has 102 valence electrons. The maximum Gasteiger partial charge on any atom is 0.307 e. The number of hydrogen-bond donors (Lipinski definition) is 1. The second-order valence-electron chi connectivity index (χ2n) is 7.30. The molecule has 3 heteroatoms. The number of carbonyl (C=O) groups excluding carboxylic acids is 1. The van der Waals surface area contributed by atoms with E-state index in [2.05, 4.69) is 5.32 Å². The van der Waals surface area contributed by atoms with Crippen LogP contribution in [0, 0.1) is 23.7 Å². The van der Waals surface area contributed by atoms with Gasteiger partial charge in [0.2, 0.25) is 0 Å². The molecule has 3 aliphatic rings. The summed E-state index contributed by atoms with van der Waals surface area (Å²) >= 11 is 0. The van der Waals surface area contributed by atoms with Crippen LogP contribution in [-0.2, 0) is 9.53 Å². The number of rotatable bonds is 4. The molecule has 0 heterocycles. The third-order valence-electron chi connectivity index (χ3n) is 4.86. The van der Waals surface area contributed by atoms with E-state index in [1.807, 2.05) is 20.8 Å². The predicted molar refractivity (Wildman–Crippen MR) is 70.1 cm³/mol. The molecule has 0 aliphatic heterocycles. The zero-order chi connectivity index (χ0) is 12.9. The standard InChI is InChI=1S/C15H25NO2/c1-15(2,3)18-11(17)6-7-16-14-12-9-4-5-10(8-9)13(12)14/h9-10,12-14,16H,4-8H2,1-3H3. The van der Waals surface area contributed by atoms with E-state index in [1.165, 1.54) is 19.3 Å². The first-order valence-corrected chi connectivity index (χ1v) is 7.41. The first-order valence-electron chi connectivity index (χ1n) is 7.41. The number of carbonyl (C=O) groups is 1. The molecule has 3 aliphatic carbocycles. The monoisotopic (exact) mass is 251 g/mol. The van der Waals surface area contributed by atoms with Gasteiger partial charge in [-0.3, -0.25) is 4.79 Å². The van der Waals surface area contributed by atoms with Crippen LogP contribution in [0.15, 0.2) is 0 Å². The van der Waals surface area contributed by atoms with E-state index in [1.54, 1.807) is 0 Å². The van der Waals surface area contributed by atoms with Gasteiger partial charge >= 0.3 is 5.97 Å². The number of esters is 1. The van der Waals surface area contributed by atoms with Crippen molar-refractivity contribution in [2.45, 2.75) is 58.1 Å². The molecule has 0 aromatic rings. The fraction of sp³-hybridized carbons (Fsp3) is 0.933. The van der Waals surface area contributed by atoms with Crippen molar-refractivity contribution in [1.82, 2.24) is 5.32 Å². The topological polar surface area (TPSA) is 38.3 Å². The van der Waals surface area contributed by atoms with E-state index in [-0.39, 0.29) is 11.6 Å². The molecule has 3 rings (SSSR count). The molecule has 3 saturated carbocycles. The molecule has 1 N–H and O–H groups in total. The van der Waals surface area contributed by atoms with Gasteiger partial charge in [0.25, 0.3) is 0 Å². The quantitative estimate of drug-likeness (QED) is 0.779. The second kappa shape index (κ2) is 4.22. The Hall–Kier alpha value is -0.570. The Morgan fingerprint density at radius 3 is 2.39 bits per heavy atom. The Labute approximate surface area is 110 Å². The van der Waals surface area contributed by atoms with Gasteiger partial charge in [-0.2, -0.15) is 0 Å². The highest BCUT2D eigenvalue weighted by Crippen LogP contribution is 2.65. The van der Waals surface area contributed by atoms with Crippen molar-refractivity contribution in [3.05, 3.63) is 0 Å². The van der Waals surface area contributed by atoms with Crippen molar-refractivity contribution in [1.29, 1.82) is 0 Å². The van der Waals surface area contributed by atoms with Crippen LogP contribution in [0.3, 0.4) is 0 Å². The number of hydrogen-bond acceptors (Lipinski definition) is 3. The number of nitrogens with one attached hydrogen (secondary N) is 1. The fourth-order valence-corrected chi connectivity index (χ4v) is 4.33. The van der Waals surface area contributed by atoms with E-state index < -0.39 is 0 Å². The number of ether oxygens (including phenoxy) is 1. The first-order chi connectivity index (χ1) is 8.46. The van der Waals surface area contributed by atoms with Crippen molar-refractivity contribution < 1.29 is 9.53 Å². The molecular weight excluding hydrogens is 226 g/mol. The average molecular weight is 251 g/mol. The minimum Gasteiger partial charge on any atom is -0.460 e. The summed E-state index contributed by atoms with van der Waals surface area (Å²) in [5.74, 6) is 3.81. The van der Waals surface area contributed by atoms with Crippen LogP contribution in [0.2, 0.25) is 0 Å². The van der Waals surface area contributed by atoms with Crippen LogP contribution in [-0.4, -0.2) is 24.2 Å². The van der Waals surface area contributed by atoms with Gasteiger partial charge in [0, 0.05) is 12.6 Å². The number of fused-ring (bicyclic) bond motifs is 5. The highest BCUT2D eigenvalue weighted by Gasteiger charge is 2.64. The molecule has 0 amide bonds. The van der Waals surface area contributed by atoms with Crippen molar-refractivity contribution in [2.24, 2.45) is 23.7 Å². The Bertz CT molecular complexity index is 331. The zero-order valence-corrected chi connectivity index (χ0v) is 11.7. The van der Waals surface area contributed by atoms with Gasteiger partial charge in [-0.25, -0.2) is 0 Å². The minimum atomic E-state index is -0.355. The summed E-state index contributed by atoms with van der Waals surface area (Å²) < 4.78 is 5.31. The van der Waals surface area contributed by atoms with Gasteiger partial charge in [0.1, 0.15) is 5.60 Å². The lowest BCUT2D eigenvalue weighted by molar-refractivity contribution is -0.154. The summed E-state index contributed by atoms with van der Waals surface area (Å²) in [6.45, 7) is 6.54. The zero-order valence-electron chi connectivity index (χ0n) is 11.7. The van der Waals surface area contributed by atoms with Gasteiger partial charge < -0.3 is 10.1 Å². The average Bonchev–Trinajstić information content (AvgIpc) is 2.66. The maximum absolute atomic E-state index is 11.6. The highest BCUT2D eigenvalue weighted by atomic mass is 16.6. The Kier molecular flexibility index (Phi) is 2.92. The van der Waals surface area contributed by atoms with E-state index in [0.717, 1.165) is 36.3 Å². The third kappa shape index (κ3) is 2.29. The SMILES string of the molecule is CC(C)(C)OC(=O)CCNC1C2C3CCC(C3)C12. The summed E-state index contributed by atoms with van der Waals surface area (Å²) in [4.78, 5) is 11.6. The van der Waals surface area contributed by atoms with Crippen molar-refractivity contribution >= 4 is 5.97 Å². The molecule has 0 radical (unpaired) electrons. The Balaban J connectivity index is 1.36. The summed E-state index contributed by atoms with van der Waals surface area (Å²) in [7, 11) is 0. The highest BCUT2D eigenvalue weighted by molar-refractivity contribution is 5.70. The van der Waals surface area contributed by atoms with E-state index in [0.29, 0.717) is 6.42 Å². The molecule has 0 aromatic carbocycles. The van der Waals surface area contributed by atoms with Gasteiger partial charge in [-0.05, 0) is 63.7 Å². The second-order valence-corrected chi connectivity index (χ2v) is 7.30. The molecular formula is C15H25NO2. The summed E-state index contributed by atoms with van der Waals surface area (Å²) in [5, 5.41) is 3.58. The Morgan fingerprint density at radius 1 is 1.22 bits per heavy atom. The normalized spacial score (nSPS) is 40.7. The first kappa shape index (κ1) is 12.5. The molecule has 18 heavy (non-hydrogen) atoms. The van der Waals surface area contributed by atoms with Gasteiger partial charge in [0.15, 0.2) is 0 Å². The molecule has 3 fully saturated rings. The molecule has 0 spiro atoms. The van der Waals surface area contributed by atoms with Crippen LogP contribution in [0.5, 0.6) is 0 Å². The lowest BCUT2D eigenvalue weighted by atomic mass is 10.0. The smallest absolute Gasteiger partial charge is 0.307 e. The molecule has 0 saturated heterocycles. The largest absolute Gasteiger partial charge is 0.460 e. The fourth-order valence-electron chi connectivity index (χ4n) is 4.33. The van der Waals surface area contributed by atoms with Crippen molar-refractivity contribution in [3.63, 3.8) is 0 Å². The van der Waals surface area contributed by atoms with Gasteiger partial charge in [0.05, 0.1) is 6.42 Å². The van der Waals surface area contributed by atoms with Gasteiger partial charge in [-0.15, -0.1) is 0 Å². The van der Waals surface area contributed by atoms with E-state index in [4.69, 9.17) is 4.74 Å².